The summed E-state index contributed by atoms with van der Waals surface area (Å²) in [6.45, 7) is 3.72. The molecule has 0 spiro atoms. The summed E-state index contributed by atoms with van der Waals surface area (Å²) in [5, 5.41) is 13.8. The maximum atomic E-state index is 13.6. The van der Waals surface area contributed by atoms with Gasteiger partial charge in [-0.3, -0.25) is 20.8 Å². The maximum absolute atomic E-state index is 13.6. The van der Waals surface area contributed by atoms with Crippen LogP contribution in [0.3, 0.4) is 0 Å². The molecule has 1 aliphatic carbocycles. The number of hydrazine groups is 1. The first-order valence-electron chi connectivity index (χ1n) is 6.53. The van der Waals surface area contributed by atoms with Crippen LogP contribution in [0.1, 0.15) is 37.0 Å². The second kappa shape index (κ2) is 5.28. The van der Waals surface area contributed by atoms with Crippen molar-refractivity contribution in [2.24, 2.45) is 11.8 Å². The van der Waals surface area contributed by atoms with E-state index in [9.17, 15) is 19.3 Å². The number of hydrogen-bond donors (Lipinski definition) is 3. The molecule has 1 aromatic rings. The third-order valence-corrected chi connectivity index (χ3v) is 3.72. The van der Waals surface area contributed by atoms with Gasteiger partial charge in [-0.25, -0.2) is 4.39 Å². The molecule has 1 fully saturated rings. The first kappa shape index (κ1) is 15.2. The van der Waals surface area contributed by atoms with Gasteiger partial charge in [0.05, 0.1) is 16.7 Å². The molecule has 0 radical (unpaired) electrons. The van der Waals surface area contributed by atoms with E-state index in [1.165, 1.54) is 0 Å². The Morgan fingerprint density at radius 3 is 2.57 bits per heavy atom. The molecule has 7 nitrogen and oxygen atoms in total. The van der Waals surface area contributed by atoms with Gasteiger partial charge in [0, 0.05) is 5.54 Å². The molecule has 1 saturated carbocycles. The van der Waals surface area contributed by atoms with Gasteiger partial charge in [0.25, 0.3) is 11.6 Å². The normalized spacial score (nSPS) is 14.7. The highest BCUT2D eigenvalue weighted by Gasteiger charge is 2.39. The van der Waals surface area contributed by atoms with Crippen LogP contribution < -0.4 is 16.6 Å². The van der Waals surface area contributed by atoms with Crippen molar-refractivity contribution in [3.8, 4) is 0 Å². The third kappa shape index (κ3) is 3.10. The van der Waals surface area contributed by atoms with E-state index in [1.807, 2.05) is 13.8 Å². The summed E-state index contributed by atoms with van der Waals surface area (Å²) in [6, 6.07) is 1.74. The highest BCUT2D eigenvalue weighted by molar-refractivity contribution is 5.99. The summed E-state index contributed by atoms with van der Waals surface area (Å²) in [4.78, 5) is 22.5. The second-order valence-corrected chi connectivity index (χ2v) is 5.70. The lowest BCUT2D eigenvalue weighted by Gasteiger charge is -2.26. The zero-order chi connectivity index (χ0) is 15.8. The number of rotatable bonds is 5. The summed E-state index contributed by atoms with van der Waals surface area (Å²) in [5.41, 5.74) is 0.636. The molecule has 0 bridgehead atoms. The van der Waals surface area contributed by atoms with E-state index in [4.69, 9.17) is 5.84 Å². The minimum Gasteiger partial charge on any atom is -0.347 e. The van der Waals surface area contributed by atoms with Crippen LogP contribution in [0.15, 0.2) is 12.1 Å². The van der Waals surface area contributed by atoms with Gasteiger partial charge in [-0.1, -0.05) is 0 Å². The number of amides is 1. The fraction of sp³-hybridized carbons (Fsp3) is 0.462. The number of anilines is 1. The van der Waals surface area contributed by atoms with Gasteiger partial charge < -0.3 is 10.7 Å². The lowest BCUT2D eigenvalue weighted by Crippen LogP contribution is -2.45. The molecule has 1 amide bonds. The van der Waals surface area contributed by atoms with Gasteiger partial charge in [0.1, 0.15) is 5.56 Å². The summed E-state index contributed by atoms with van der Waals surface area (Å²) >= 11 is 0. The minimum absolute atomic E-state index is 0.171. The fourth-order valence-electron chi connectivity index (χ4n) is 2.27. The molecule has 2 rings (SSSR count). The van der Waals surface area contributed by atoms with E-state index >= 15 is 0 Å². The number of hydrogen-bond acceptors (Lipinski definition) is 5. The van der Waals surface area contributed by atoms with E-state index < -0.39 is 27.9 Å². The Hall–Kier alpha value is -2.22. The predicted molar refractivity (Wildman–Crippen MR) is 75.1 cm³/mol. The van der Waals surface area contributed by atoms with Crippen LogP contribution in [-0.4, -0.2) is 16.4 Å². The van der Waals surface area contributed by atoms with E-state index in [2.05, 4.69) is 10.7 Å². The Morgan fingerprint density at radius 2 is 2.10 bits per heavy atom. The standard InChI is InChI=1S/C13H17FN4O3/c1-13(2,7-3-4-7)16-12(19)8-5-10(17-15)9(14)6-11(8)18(20)21/h5-7,17H,3-4,15H2,1-2H3,(H,16,19). The van der Waals surface area contributed by atoms with Crippen molar-refractivity contribution in [3.63, 3.8) is 0 Å². The molecule has 1 aromatic carbocycles. The Kier molecular flexibility index (Phi) is 3.82. The summed E-state index contributed by atoms with van der Waals surface area (Å²) < 4.78 is 13.6. The molecule has 0 aromatic heterocycles. The van der Waals surface area contributed by atoms with Crippen LogP contribution in [0.5, 0.6) is 0 Å². The SMILES string of the molecule is CC(C)(NC(=O)c1cc(NN)c(F)cc1[N+](=O)[O-])C1CC1. The number of nitrogens with one attached hydrogen (secondary N) is 2. The van der Waals surface area contributed by atoms with Gasteiger partial charge in [-0.2, -0.15) is 0 Å². The Labute approximate surface area is 120 Å². The van der Waals surface area contributed by atoms with Crippen molar-refractivity contribution in [2.75, 3.05) is 5.43 Å². The second-order valence-electron chi connectivity index (χ2n) is 5.70. The van der Waals surface area contributed by atoms with Crippen LogP contribution in [0.2, 0.25) is 0 Å². The monoisotopic (exact) mass is 296 g/mol. The van der Waals surface area contributed by atoms with E-state index in [0.717, 1.165) is 18.9 Å². The zero-order valence-electron chi connectivity index (χ0n) is 11.8. The highest BCUT2D eigenvalue weighted by Crippen LogP contribution is 2.39. The zero-order valence-corrected chi connectivity index (χ0v) is 11.8. The Bertz CT molecular complexity index is 599. The number of nitrogens with two attached hydrogens (primary N) is 1. The van der Waals surface area contributed by atoms with Crippen molar-refractivity contribution < 1.29 is 14.1 Å². The highest BCUT2D eigenvalue weighted by atomic mass is 19.1. The van der Waals surface area contributed by atoms with Gasteiger partial charge >= 0.3 is 0 Å². The van der Waals surface area contributed by atoms with Gasteiger partial charge in [0.2, 0.25) is 0 Å². The molecule has 0 heterocycles. The van der Waals surface area contributed by atoms with Gasteiger partial charge in [-0.05, 0) is 38.7 Å². The number of nitro benzene ring substituents is 1. The number of carbonyl (C=O) groups excluding carboxylic acids is 1. The fourth-order valence-corrected chi connectivity index (χ4v) is 2.27. The predicted octanol–water partition coefficient (Wildman–Crippen LogP) is 1.94. The smallest absolute Gasteiger partial charge is 0.285 e. The first-order valence-corrected chi connectivity index (χ1v) is 6.53. The molecule has 8 heteroatoms. The topological polar surface area (TPSA) is 110 Å². The minimum atomic E-state index is -0.887. The first-order chi connectivity index (χ1) is 9.76. The molecule has 114 valence electrons. The van der Waals surface area contributed by atoms with Crippen LogP contribution in [0.25, 0.3) is 0 Å². The number of halogens is 1. The van der Waals surface area contributed by atoms with Crippen LogP contribution in [-0.2, 0) is 0 Å². The van der Waals surface area contributed by atoms with E-state index in [1.54, 1.807) is 0 Å². The molecule has 0 saturated heterocycles. The van der Waals surface area contributed by atoms with Gasteiger partial charge in [0.15, 0.2) is 5.82 Å². The Morgan fingerprint density at radius 1 is 1.48 bits per heavy atom. The lowest BCUT2D eigenvalue weighted by atomic mass is 9.98. The van der Waals surface area contributed by atoms with E-state index in [-0.39, 0.29) is 11.3 Å². The number of benzene rings is 1. The number of nitrogens with zero attached hydrogens (tertiary/aromatic N) is 1. The molecular weight excluding hydrogens is 279 g/mol. The van der Waals surface area contributed by atoms with Crippen molar-refractivity contribution in [1.29, 1.82) is 0 Å². The average molecular weight is 296 g/mol. The quantitative estimate of drug-likeness (QED) is 0.437. The molecule has 0 unspecified atom stereocenters. The molecular formula is C13H17FN4O3. The lowest BCUT2D eigenvalue weighted by molar-refractivity contribution is -0.385. The number of carbonyl (C=O) groups is 1. The molecule has 0 atom stereocenters. The molecule has 1 aliphatic rings. The van der Waals surface area contributed by atoms with Crippen molar-refractivity contribution >= 4 is 17.3 Å². The largest absolute Gasteiger partial charge is 0.347 e. The number of nitrogen functional groups attached to an aromatic ring is 1. The molecule has 0 aliphatic heterocycles. The summed E-state index contributed by atoms with van der Waals surface area (Å²) in [5.74, 6) is 3.99. The third-order valence-electron chi connectivity index (χ3n) is 3.72. The van der Waals surface area contributed by atoms with E-state index in [0.29, 0.717) is 12.0 Å². The number of nitro groups is 1. The summed E-state index contributed by atoms with van der Waals surface area (Å²) in [6.07, 6.45) is 2.02. The summed E-state index contributed by atoms with van der Waals surface area (Å²) in [7, 11) is 0. The molecule has 21 heavy (non-hydrogen) atoms. The van der Waals surface area contributed by atoms with Crippen LogP contribution in [0, 0.1) is 21.8 Å². The van der Waals surface area contributed by atoms with Crippen molar-refractivity contribution in [3.05, 3.63) is 33.6 Å². The van der Waals surface area contributed by atoms with Crippen LogP contribution >= 0.6 is 0 Å². The van der Waals surface area contributed by atoms with Gasteiger partial charge in [-0.15, -0.1) is 0 Å². The maximum Gasteiger partial charge on any atom is 0.285 e. The van der Waals surface area contributed by atoms with Crippen molar-refractivity contribution in [1.82, 2.24) is 5.32 Å². The molecule has 4 N–H and O–H groups in total. The van der Waals surface area contributed by atoms with Crippen LogP contribution in [0.4, 0.5) is 15.8 Å². The Balaban J connectivity index is 2.36. The average Bonchev–Trinajstić information content (AvgIpc) is 3.22. The van der Waals surface area contributed by atoms with Crippen molar-refractivity contribution in [2.45, 2.75) is 32.2 Å².